The van der Waals surface area contributed by atoms with Crippen molar-refractivity contribution in [2.24, 2.45) is 11.3 Å². The van der Waals surface area contributed by atoms with Crippen LogP contribution in [0.15, 0.2) is 24.0 Å². The number of hydrogen-bond donors (Lipinski definition) is 0. The highest BCUT2D eigenvalue weighted by Gasteiger charge is 2.45. The van der Waals surface area contributed by atoms with E-state index in [0.29, 0.717) is 6.61 Å². The lowest BCUT2D eigenvalue weighted by atomic mass is 9.68. The molecular formula is C19H34O3Si. The first-order valence-electron chi connectivity index (χ1n) is 8.50. The van der Waals surface area contributed by atoms with Gasteiger partial charge in [-0.3, -0.25) is 4.79 Å². The average Bonchev–Trinajstić information content (AvgIpc) is 2.43. The zero-order valence-corrected chi connectivity index (χ0v) is 17.2. The molecule has 0 spiro atoms. The number of hydrogen-bond acceptors (Lipinski definition) is 3. The van der Waals surface area contributed by atoms with Gasteiger partial charge >= 0.3 is 0 Å². The van der Waals surface area contributed by atoms with Gasteiger partial charge in [0.2, 0.25) is 0 Å². The molecule has 0 bridgehead atoms. The quantitative estimate of drug-likeness (QED) is 0.499. The van der Waals surface area contributed by atoms with Crippen LogP contribution >= 0.6 is 0 Å². The fourth-order valence-electron chi connectivity index (χ4n) is 2.69. The van der Waals surface area contributed by atoms with E-state index in [4.69, 9.17) is 9.16 Å². The van der Waals surface area contributed by atoms with Crippen LogP contribution in [0.25, 0.3) is 0 Å². The van der Waals surface area contributed by atoms with Gasteiger partial charge in [-0.25, -0.2) is 0 Å². The summed E-state index contributed by atoms with van der Waals surface area (Å²) in [5.74, 6) is 0.892. The Kier molecular flexibility index (Phi) is 6.44. The molecule has 2 atom stereocenters. The van der Waals surface area contributed by atoms with E-state index in [-0.39, 0.29) is 22.2 Å². The molecule has 0 saturated carbocycles. The van der Waals surface area contributed by atoms with Gasteiger partial charge in [0, 0.05) is 30.4 Å². The summed E-state index contributed by atoms with van der Waals surface area (Å²) < 4.78 is 11.9. The number of ketones is 1. The van der Waals surface area contributed by atoms with Crippen molar-refractivity contribution in [2.75, 3.05) is 13.7 Å². The molecule has 0 N–H and O–H groups in total. The Balaban J connectivity index is 3.01. The Morgan fingerprint density at radius 1 is 1.39 bits per heavy atom. The van der Waals surface area contributed by atoms with Gasteiger partial charge in [-0.1, -0.05) is 39.8 Å². The van der Waals surface area contributed by atoms with Gasteiger partial charge in [0.25, 0.3) is 0 Å². The van der Waals surface area contributed by atoms with E-state index in [0.717, 1.165) is 18.6 Å². The number of allylic oxidation sites excluding steroid dienone is 4. The van der Waals surface area contributed by atoms with Gasteiger partial charge in [-0.15, -0.1) is 0 Å². The molecule has 1 rings (SSSR count). The monoisotopic (exact) mass is 338 g/mol. The average molecular weight is 339 g/mol. The third kappa shape index (κ3) is 4.80. The van der Waals surface area contributed by atoms with Gasteiger partial charge in [0.05, 0.1) is 12.9 Å². The van der Waals surface area contributed by atoms with Crippen molar-refractivity contribution in [3.05, 3.63) is 24.0 Å². The maximum absolute atomic E-state index is 12.6. The maximum atomic E-state index is 12.6. The van der Waals surface area contributed by atoms with Crippen LogP contribution in [-0.2, 0) is 14.0 Å². The molecule has 0 radical (unpaired) electrons. The van der Waals surface area contributed by atoms with Crippen molar-refractivity contribution in [1.82, 2.24) is 0 Å². The summed E-state index contributed by atoms with van der Waals surface area (Å²) in [6.07, 6.45) is 7.28. The second-order valence-electron chi connectivity index (χ2n) is 8.45. The first-order chi connectivity index (χ1) is 10.5. The van der Waals surface area contributed by atoms with Crippen LogP contribution in [0.4, 0.5) is 0 Å². The van der Waals surface area contributed by atoms with E-state index >= 15 is 0 Å². The Morgan fingerprint density at radius 2 is 2.00 bits per heavy atom. The molecule has 0 unspecified atom stereocenters. The zero-order valence-electron chi connectivity index (χ0n) is 16.2. The van der Waals surface area contributed by atoms with E-state index in [1.54, 1.807) is 13.2 Å². The number of methoxy groups -OCH3 is 1. The zero-order chi connectivity index (χ0) is 17.9. The summed E-state index contributed by atoms with van der Waals surface area (Å²) in [6, 6.07) is 0. The standard InChI is InChI=1S/C19H34O3Si/c1-9-10-11-16-17(20)12-15(21-6)13-19(16,5)14-22-23(7,8)18(2,3)4/h9-10,12,16H,11,13-14H2,1-8H3/b10-9+/t16-,19+/m0/s1. The summed E-state index contributed by atoms with van der Waals surface area (Å²) in [4.78, 5) is 12.6. The number of carbonyl (C=O) groups excluding carboxylic acids is 1. The number of ether oxygens (including phenoxy) is 1. The molecule has 0 fully saturated rings. The van der Waals surface area contributed by atoms with E-state index < -0.39 is 8.32 Å². The number of rotatable bonds is 6. The molecule has 0 aromatic rings. The SMILES string of the molecule is C/C=C/C[C@H]1C(=O)C=C(OC)C[C@]1(C)CO[Si](C)(C)C(C)(C)C. The third-order valence-electron chi connectivity index (χ3n) is 5.50. The van der Waals surface area contributed by atoms with E-state index in [2.05, 4.69) is 46.9 Å². The van der Waals surface area contributed by atoms with Gasteiger partial charge in [-0.2, -0.15) is 0 Å². The predicted molar refractivity (Wildman–Crippen MR) is 98.9 cm³/mol. The first kappa shape index (κ1) is 20.2. The third-order valence-corrected chi connectivity index (χ3v) is 9.98. The molecule has 1 aliphatic carbocycles. The van der Waals surface area contributed by atoms with Gasteiger partial charge < -0.3 is 9.16 Å². The molecule has 1 aliphatic rings. The normalized spacial score (nSPS) is 26.5. The molecule has 0 heterocycles. The van der Waals surface area contributed by atoms with Gasteiger partial charge in [0.1, 0.15) is 0 Å². The molecule has 0 aromatic heterocycles. The molecule has 3 nitrogen and oxygen atoms in total. The van der Waals surface area contributed by atoms with Gasteiger partial charge in [0.15, 0.2) is 14.1 Å². The highest BCUT2D eigenvalue weighted by molar-refractivity contribution is 6.74. The van der Waals surface area contributed by atoms with Crippen LogP contribution in [0.3, 0.4) is 0 Å². The van der Waals surface area contributed by atoms with E-state index in [1.165, 1.54) is 0 Å². The van der Waals surface area contributed by atoms with Crippen LogP contribution in [0.2, 0.25) is 18.1 Å². The van der Waals surface area contributed by atoms with Crippen molar-refractivity contribution in [1.29, 1.82) is 0 Å². The predicted octanol–water partition coefficient (Wildman–Crippen LogP) is 5.10. The molecule has 0 aliphatic heterocycles. The summed E-state index contributed by atoms with van der Waals surface area (Å²) in [5.41, 5.74) is -0.216. The van der Waals surface area contributed by atoms with E-state index in [1.807, 2.05) is 13.0 Å². The van der Waals surface area contributed by atoms with Crippen LogP contribution in [0.1, 0.15) is 47.5 Å². The minimum Gasteiger partial charge on any atom is -0.501 e. The van der Waals surface area contributed by atoms with Crippen molar-refractivity contribution < 1.29 is 14.0 Å². The van der Waals surface area contributed by atoms with E-state index in [9.17, 15) is 4.79 Å². The van der Waals surface area contributed by atoms with Crippen molar-refractivity contribution in [3.63, 3.8) is 0 Å². The molecule has 132 valence electrons. The van der Waals surface area contributed by atoms with Crippen LogP contribution in [0.5, 0.6) is 0 Å². The highest BCUT2D eigenvalue weighted by Crippen LogP contribution is 2.44. The highest BCUT2D eigenvalue weighted by atomic mass is 28.4. The lowest BCUT2D eigenvalue weighted by molar-refractivity contribution is -0.124. The Bertz CT molecular complexity index is 485. The summed E-state index contributed by atoms with van der Waals surface area (Å²) >= 11 is 0. The maximum Gasteiger partial charge on any atom is 0.192 e. The molecule has 4 heteroatoms. The second-order valence-corrected chi connectivity index (χ2v) is 13.3. The molecule has 0 amide bonds. The molecule has 23 heavy (non-hydrogen) atoms. The smallest absolute Gasteiger partial charge is 0.192 e. The van der Waals surface area contributed by atoms with Crippen LogP contribution in [-0.4, -0.2) is 27.8 Å². The van der Waals surface area contributed by atoms with Crippen LogP contribution in [0, 0.1) is 11.3 Å². The van der Waals surface area contributed by atoms with Crippen molar-refractivity contribution >= 4 is 14.1 Å². The Labute approximate surface area is 143 Å². The number of carbonyl (C=O) groups is 1. The molecular weight excluding hydrogens is 304 g/mol. The van der Waals surface area contributed by atoms with Crippen molar-refractivity contribution in [2.45, 2.75) is 65.6 Å². The lowest BCUT2D eigenvalue weighted by Gasteiger charge is -2.44. The fraction of sp³-hybridized carbons (Fsp3) is 0.737. The topological polar surface area (TPSA) is 35.5 Å². The first-order valence-corrected chi connectivity index (χ1v) is 11.4. The minimum absolute atomic E-state index is 0.0395. The summed E-state index contributed by atoms with van der Waals surface area (Å²) in [7, 11) is -0.201. The Hall–Kier alpha value is -0.873. The lowest BCUT2D eigenvalue weighted by Crippen LogP contribution is -2.47. The summed E-state index contributed by atoms with van der Waals surface area (Å²) in [5, 5.41) is 0.167. The van der Waals surface area contributed by atoms with Gasteiger partial charge in [-0.05, 0) is 31.5 Å². The summed E-state index contributed by atoms with van der Waals surface area (Å²) in [6.45, 7) is 16.0. The molecule has 0 aromatic carbocycles. The minimum atomic E-state index is -1.84. The van der Waals surface area contributed by atoms with Crippen molar-refractivity contribution in [3.8, 4) is 0 Å². The van der Waals surface area contributed by atoms with Crippen LogP contribution < -0.4 is 0 Å². The molecule has 0 saturated heterocycles. The Morgan fingerprint density at radius 3 is 2.48 bits per heavy atom. The largest absolute Gasteiger partial charge is 0.501 e. The fourth-order valence-corrected chi connectivity index (χ4v) is 3.82. The second kappa shape index (κ2) is 7.35.